The molecule has 0 aliphatic carbocycles. The molecule has 1 aliphatic heterocycles. The van der Waals surface area contributed by atoms with E-state index in [2.05, 4.69) is 10.3 Å². The fraction of sp³-hybridized carbons (Fsp3) is 0.333. The first-order valence-electron chi connectivity index (χ1n) is 6.50. The molecule has 0 bridgehead atoms. The lowest BCUT2D eigenvalue weighted by Crippen LogP contribution is -2.30. The molecular formula is C15H18N2O2S. The van der Waals surface area contributed by atoms with Crippen molar-refractivity contribution in [3.05, 3.63) is 47.2 Å². The minimum atomic E-state index is -0.269. The molecule has 1 aromatic carbocycles. The predicted octanol–water partition coefficient (Wildman–Crippen LogP) is 2.89. The Labute approximate surface area is 123 Å². The first kappa shape index (κ1) is 14.7. The fourth-order valence-electron chi connectivity index (χ4n) is 2.06. The highest BCUT2D eigenvalue weighted by atomic mass is 32.2. The number of carbonyl (C=O) groups excluding carboxylic acids is 1. The van der Waals surface area contributed by atoms with Gasteiger partial charge in [-0.15, -0.1) is 0 Å². The first-order valence-corrected chi connectivity index (χ1v) is 7.38. The minimum absolute atomic E-state index is 0.0878. The number of ether oxygens (including phenoxy) is 1. The number of hydrogen-bond donors (Lipinski definition) is 1. The summed E-state index contributed by atoms with van der Waals surface area (Å²) in [7, 11) is 1.74. The van der Waals surface area contributed by atoms with E-state index in [1.54, 1.807) is 7.05 Å². The Morgan fingerprint density at radius 3 is 2.70 bits per heavy atom. The molecule has 0 fully saturated rings. The summed E-state index contributed by atoms with van der Waals surface area (Å²) in [5, 5.41) is 3.87. The van der Waals surface area contributed by atoms with Gasteiger partial charge < -0.3 is 10.1 Å². The Hall–Kier alpha value is -1.75. The van der Waals surface area contributed by atoms with Crippen LogP contribution < -0.4 is 5.32 Å². The number of rotatable bonds is 3. The molecule has 1 atom stereocenters. The molecule has 4 nitrogen and oxygen atoms in total. The van der Waals surface area contributed by atoms with Gasteiger partial charge in [-0.3, -0.25) is 4.99 Å². The smallest absolute Gasteiger partial charge is 0.337 e. The average Bonchev–Trinajstić information content (AvgIpc) is 2.47. The van der Waals surface area contributed by atoms with Gasteiger partial charge in [-0.25, -0.2) is 4.79 Å². The van der Waals surface area contributed by atoms with Crippen LogP contribution in [-0.4, -0.2) is 24.8 Å². The molecular weight excluding hydrogens is 272 g/mol. The molecule has 1 heterocycles. The summed E-state index contributed by atoms with van der Waals surface area (Å²) in [6.45, 7) is 4.07. The molecule has 0 unspecified atom stereocenters. The third kappa shape index (κ3) is 3.04. The normalized spacial score (nSPS) is 20.8. The number of nitrogens with zero attached hydrogens (tertiary/aromatic N) is 1. The van der Waals surface area contributed by atoms with Crippen LogP contribution in [-0.2, 0) is 9.53 Å². The summed E-state index contributed by atoms with van der Waals surface area (Å²) >= 11 is 1.53. The van der Waals surface area contributed by atoms with Crippen LogP contribution in [0.2, 0.25) is 0 Å². The zero-order chi connectivity index (χ0) is 14.5. The SMILES string of the molecule is CCOC(=O)C1=C(C)NC(=NC)S[C@@H]1c1ccccc1. The molecule has 1 aromatic rings. The van der Waals surface area contributed by atoms with Crippen molar-refractivity contribution in [2.75, 3.05) is 13.7 Å². The Morgan fingerprint density at radius 2 is 2.10 bits per heavy atom. The number of esters is 1. The van der Waals surface area contributed by atoms with Gasteiger partial charge in [0.05, 0.1) is 17.4 Å². The van der Waals surface area contributed by atoms with Crippen LogP contribution in [0.25, 0.3) is 0 Å². The van der Waals surface area contributed by atoms with Gasteiger partial charge in [-0.2, -0.15) is 0 Å². The van der Waals surface area contributed by atoms with Gasteiger partial charge in [0, 0.05) is 12.7 Å². The van der Waals surface area contributed by atoms with Crippen LogP contribution in [0.5, 0.6) is 0 Å². The molecule has 0 spiro atoms. The summed E-state index contributed by atoms with van der Waals surface area (Å²) < 4.78 is 5.18. The monoisotopic (exact) mass is 290 g/mol. The van der Waals surface area contributed by atoms with Gasteiger partial charge in [0.15, 0.2) is 5.17 Å². The number of aliphatic imine (C=N–C) groups is 1. The van der Waals surface area contributed by atoms with Crippen molar-refractivity contribution in [1.29, 1.82) is 0 Å². The summed E-state index contributed by atoms with van der Waals surface area (Å²) in [5.74, 6) is -0.269. The van der Waals surface area contributed by atoms with E-state index in [1.165, 1.54) is 11.8 Å². The maximum Gasteiger partial charge on any atom is 0.337 e. The van der Waals surface area contributed by atoms with Gasteiger partial charge in [0.25, 0.3) is 0 Å². The minimum Gasteiger partial charge on any atom is -0.463 e. The van der Waals surface area contributed by atoms with E-state index in [4.69, 9.17) is 4.74 Å². The topological polar surface area (TPSA) is 50.7 Å². The van der Waals surface area contributed by atoms with Gasteiger partial charge in [-0.1, -0.05) is 42.1 Å². The summed E-state index contributed by atoms with van der Waals surface area (Å²) in [4.78, 5) is 16.4. The van der Waals surface area contributed by atoms with Gasteiger partial charge in [-0.05, 0) is 19.4 Å². The molecule has 106 valence electrons. The number of allylic oxidation sites excluding steroid dienone is 1. The van der Waals surface area contributed by atoms with Crippen LogP contribution in [0.3, 0.4) is 0 Å². The van der Waals surface area contributed by atoms with Crippen LogP contribution in [0.1, 0.15) is 24.7 Å². The lowest BCUT2D eigenvalue weighted by atomic mass is 10.0. The van der Waals surface area contributed by atoms with E-state index in [0.29, 0.717) is 12.2 Å². The lowest BCUT2D eigenvalue weighted by molar-refractivity contribution is -0.138. The Kier molecular flexibility index (Phi) is 4.84. The number of carbonyl (C=O) groups is 1. The summed E-state index contributed by atoms with van der Waals surface area (Å²) in [6.07, 6.45) is 0. The standard InChI is InChI=1S/C15H18N2O2S/c1-4-19-14(18)12-10(2)17-15(16-3)20-13(12)11-8-6-5-7-9-11/h5-9,13H,4H2,1-3H3,(H,16,17)/t13-/m1/s1. The molecule has 1 N–H and O–H groups in total. The quantitative estimate of drug-likeness (QED) is 0.870. The molecule has 2 rings (SSSR count). The molecule has 5 heteroatoms. The summed E-state index contributed by atoms with van der Waals surface area (Å²) in [5.41, 5.74) is 2.54. The zero-order valence-electron chi connectivity index (χ0n) is 11.8. The van der Waals surface area contributed by atoms with Gasteiger partial charge in [0.2, 0.25) is 0 Å². The van der Waals surface area contributed by atoms with Crippen molar-refractivity contribution in [3.8, 4) is 0 Å². The van der Waals surface area contributed by atoms with E-state index in [-0.39, 0.29) is 11.2 Å². The number of thioether (sulfide) groups is 1. The third-order valence-electron chi connectivity index (χ3n) is 2.99. The highest BCUT2D eigenvalue weighted by Gasteiger charge is 2.32. The number of benzene rings is 1. The van der Waals surface area contributed by atoms with Crippen LogP contribution >= 0.6 is 11.8 Å². The first-order chi connectivity index (χ1) is 9.67. The second-order valence-corrected chi connectivity index (χ2v) is 5.42. The largest absolute Gasteiger partial charge is 0.463 e. The number of hydrogen-bond acceptors (Lipinski definition) is 4. The third-order valence-corrected chi connectivity index (χ3v) is 4.24. The highest BCUT2D eigenvalue weighted by molar-refractivity contribution is 8.14. The van der Waals surface area contributed by atoms with Crippen molar-refractivity contribution in [2.24, 2.45) is 4.99 Å². The second-order valence-electron chi connectivity index (χ2n) is 4.32. The fourth-order valence-corrected chi connectivity index (χ4v) is 3.29. The van der Waals surface area contributed by atoms with E-state index in [9.17, 15) is 4.79 Å². The summed E-state index contributed by atoms with van der Waals surface area (Å²) in [6, 6.07) is 9.94. The Bertz CT molecular complexity index is 552. The van der Waals surface area contributed by atoms with Crippen LogP contribution in [0, 0.1) is 0 Å². The van der Waals surface area contributed by atoms with Crippen molar-refractivity contribution in [2.45, 2.75) is 19.1 Å². The maximum atomic E-state index is 12.2. The van der Waals surface area contributed by atoms with Crippen molar-refractivity contribution < 1.29 is 9.53 Å². The highest BCUT2D eigenvalue weighted by Crippen LogP contribution is 2.40. The molecule has 0 aromatic heterocycles. The molecule has 20 heavy (non-hydrogen) atoms. The van der Waals surface area contributed by atoms with Crippen molar-refractivity contribution >= 4 is 22.9 Å². The average molecular weight is 290 g/mol. The molecule has 0 saturated heterocycles. The Balaban J connectivity index is 2.44. The van der Waals surface area contributed by atoms with E-state index < -0.39 is 0 Å². The number of amidine groups is 1. The van der Waals surface area contributed by atoms with E-state index in [1.807, 2.05) is 44.2 Å². The van der Waals surface area contributed by atoms with Gasteiger partial charge >= 0.3 is 5.97 Å². The lowest BCUT2D eigenvalue weighted by Gasteiger charge is -2.27. The Morgan fingerprint density at radius 1 is 1.40 bits per heavy atom. The van der Waals surface area contributed by atoms with Crippen molar-refractivity contribution in [3.63, 3.8) is 0 Å². The van der Waals surface area contributed by atoms with E-state index in [0.717, 1.165) is 16.4 Å². The molecule has 1 aliphatic rings. The predicted molar refractivity (Wildman–Crippen MR) is 82.6 cm³/mol. The molecule has 0 saturated carbocycles. The maximum absolute atomic E-state index is 12.2. The van der Waals surface area contributed by atoms with Crippen LogP contribution in [0.4, 0.5) is 0 Å². The number of nitrogens with one attached hydrogen (secondary N) is 1. The second kappa shape index (κ2) is 6.61. The van der Waals surface area contributed by atoms with E-state index >= 15 is 0 Å². The molecule has 0 radical (unpaired) electrons. The zero-order valence-corrected chi connectivity index (χ0v) is 12.7. The van der Waals surface area contributed by atoms with Crippen molar-refractivity contribution in [1.82, 2.24) is 5.32 Å². The molecule has 0 amide bonds. The van der Waals surface area contributed by atoms with Crippen LogP contribution in [0.15, 0.2) is 46.6 Å². The van der Waals surface area contributed by atoms with Gasteiger partial charge in [0.1, 0.15) is 0 Å².